The molecule has 0 aromatic carbocycles. The van der Waals surface area contributed by atoms with Crippen molar-refractivity contribution in [2.75, 3.05) is 38.0 Å². The van der Waals surface area contributed by atoms with E-state index in [4.69, 9.17) is 4.74 Å². The van der Waals surface area contributed by atoms with Crippen LogP contribution in [-0.4, -0.2) is 52.5 Å². The molecule has 1 fully saturated rings. The van der Waals surface area contributed by atoms with Crippen LogP contribution in [0.5, 0.6) is 0 Å². The fourth-order valence-corrected chi connectivity index (χ4v) is 3.45. The minimum atomic E-state index is -3.20. The van der Waals surface area contributed by atoms with Gasteiger partial charge < -0.3 is 9.64 Å². The van der Waals surface area contributed by atoms with Crippen LogP contribution in [0.3, 0.4) is 0 Å². The first-order valence-corrected chi connectivity index (χ1v) is 8.51. The Morgan fingerprint density at radius 1 is 1.50 bits per heavy atom. The van der Waals surface area contributed by atoms with Gasteiger partial charge >= 0.3 is 0 Å². The molecule has 0 radical (unpaired) electrons. The van der Waals surface area contributed by atoms with Gasteiger partial charge in [-0.1, -0.05) is 6.07 Å². The second-order valence-electron chi connectivity index (χ2n) is 5.13. The highest BCUT2D eigenvalue weighted by atomic mass is 32.2. The average Bonchev–Trinajstić information content (AvgIpc) is 2.40. The standard InChI is InChI=1S/C13H21N3O3S/c1-19-10-11-9-16(13-5-3-4-7-14-13)8-6-12(11)15-20(2,17)18/h3-5,7,11-12,15H,6,8-10H2,1-2H3. The zero-order valence-corrected chi connectivity index (χ0v) is 12.6. The molecule has 1 aliphatic heterocycles. The molecule has 0 aliphatic carbocycles. The predicted octanol–water partition coefficient (Wildman–Crippen LogP) is 0.472. The maximum atomic E-state index is 11.4. The van der Waals surface area contributed by atoms with Crippen molar-refractivity contribution in [1.29, 1.82) is 0 Å². The molecule has 0 spiro atoms. The molecule has 1 aromatic heterocycles. The summed E-state index contributed by atoms with van der Waals surface area (Å²) in [5.74, 6) is 1.04. The van der Waals surface area contributed by atoms with E-state index >= 15 is 0 Å². The minimum Gasteiger partial charge on any atom is -0.384 e. The third kappa shape index (κ3) is 4.16. The molecule has 0 amide bonds. The summed E-state index contributed by atoms with van der Waals surface area (Å²) >= 11 is 0. The van der Waals surface area contributed by atoms with Gasteiger partial charge in [-0.3, -0.25) is 0 Å². The molecule has 1 N–H and O–H groups in total. The van der Waals surface area contributed by atoms with Crippen molar-refractivity contribution in [2.45, 2.75) is 12.5 Å². The van der Waals surface area contributed by atoms with Crippen molar-refractivity contribution in [3.8, 4) is 0 Å². The van der Waals surface area contributed by atoms with E-state index in [0.717, 1.165) is 25.3 Å². The van der Waals surface area contributed by atoms with Gasteiger partial charge in [0.25, 0.3) is 0 Å². The van der Waals surface area contributed by atoms with Crippen molar-refractivity contribution in [3.05, 3.63) is 24.4 Å². The monoisotopic (exact) mass is 299 g/mol. The van der Waals surface area contributed by atoms with Gasteiger partial charge in [0.1, 0.15) is 5.82 Å². The number of hydrogen-bond acceptors (Lipinski definition) is 5. The zero-order valence-electron chi connectivity index (χ0n) is 11.8. The number of ether oxygens (including phenoxy) is 1. The first-order valence-electron chi connectivity index (χ1n) is 6.62. The van der Waals surface area contributed by atoms with Gasteiger partial charge in [0.05, 0.1) is 12.9 Å². The molecular weight excluding hydrogens is 278 g/mol. The van der Waals surface area contributed by atoms with E-state index in [1.807, 2.05) is 18.2 Å². The molecule has 6 nitrogen and oxygen atoms in total. The molecule has 2 heterocycles. The molecular formula is C13H21N3O3S. The van der Waals surface area contributed by atoms with E-state index in [0.29, 0.717) is 6.61 Å². The van der Waals surface area contributed by atoms with Crippen LogP contribution in [-0.2, 0) is 14.8 Å². The molecule has 20 heavy (non-hydrogen) atoms. The van der Waals surface area contributed by atoms with Crippen molar-refractivity contribution >= 4 is 15.8 Å². The molecule has 2 rings (SSSR count). The number of hydrogen-bond donors (Lipinski definition) is 1. The number of nitrogens with one attached hydrogen (secondary N) is 1. The SMILES string of the molecule is COCC1CN(c2ccccn2)CCC1NS(C)(=O)=O. The third-order valence-corrected chi connectivity index (χ3v) is 4.18. The fraction of sp³-hybridized carbons (Fsp3) is 0.615. The lowest BCUT2D eigenvalue weighted by atomic mass is 9.93. The van der Waals surface area contributed by atoms with Crippen LogP contribution in [0, 0.1) is 5.92 Å². The molecule has 0 saturated carbocycles. The Kier molecular flexibility index (Phi) is 4.95. The Bertz CT molecular complexity index is 521. The smallest absolute Gasteiger partial charge is 0.208 e. The van der Waals surface area contributed by atoms with Gasteiger partial charge in [-0.25, -0.2) is 18.1 Å². The summed E-state index contributed by atoms with van der Waals surface area (Å²) in [4.78, 5) is 6.51. The predicted molar refractivity (Wildman–Crippen MR) is 78.2 cm³/mol. The number of aromatic nitrogens is 1. The number of piperidine rings is 1. The topological polar surface area (TPSA) is 71.5 Å². The zero-order chi connectivity index (χ0) is 14.6. The first-order chi connectivity index (χ1) is 9.49. The van der Waals surface area contributed by atoms with Crippen LogP contribution >= 0.6 is 0 Å². The Hall–Kier alpha value is -1.18. The highest BCUT2D eigenvalue weighted by Gasteiger charge is 2.31. The summed E-state index contributed by atoms with van der Waals surface area (Å²) in [6.07, 6.45) is 3.71. The maximum Gasteiger partial charge on any atom is 0.208 e. The van der Waals surface area contributed by atoms with E-state index in [1.54, 1.807) is 13.3 Å². The second-order valence-corrected chi connectivity index (χ2v) is 6.91. The Morgan fingerprint density at radius 3 is 2.90 bits per heavy atom. The fourth-order valence-electron chi connectivity index (χ4n) is 2.59. The summed E-state index contributed by atoms with van der Waals surface area (Å²) in [7, 11) is -1.56. The van der Waals surface area contributed by atoms with E-state index in [1.165, 1.54) is 6.26 Å². The number of anilines is 1. The lowest BCUT2D eigenvalue weighted by Crippen LogP contribution is -2.52. The van der Waals surface area contributed by atoms with E-state index in [9.17, 15) is 8.42 Å². The summed E-state index contributed by atoms with van der Waals surface area (Å²) < 4.78 is 30.8. The molecule has 2 unspecified atom stereocenters. The number of sulfonamides is 1. The van der Waals surface area contributed by atoms with Crippen molar-refractivity contribution in [2.24, 2.45) is 5.92 Å². The summed E-state index contributed by atoms with van der Waals surface area (Å²) in [6.45, 7) is 2.04. The van der Waals surface area contributed by atoms with Crippen LogP contribution in [0.25, 0.3) is 0 Å². The summed E-state index contributed by atoms with van der Waals surface area (Å²) in [6, 6.07) is 5.72. The van der Waals surface area contributed by atoms with E-state index in [2.05, 4.69) is 14.6 Å². The van der Waals surface area contributed by atoms with Crippen LogP contribution in [0.1, 0.15) is 6.42 Å². The number of pyridine rings is 1. The van der Waals surface area contributed by atoms with E-state index < -0.39 is 10.0 Å². The van der Waals surface area contributed by atoms with Crippen LogP contribution in [0.15, 0.2) is 24.4 Å². The molecule has 1 saturated heterocycles. The molecule has 0 bridgehead atoms. The number of rotatable bonds is 5. The highest BCUT2D eigenvalue weighted by molar-refractivity contribution is 7.88. The molecule has 7 heteroatoms. The summed E-state index contributed by atoms with van der Waals surface area (Å²) in [5, 5.41) is 0. The largest absolute Gasteiger partial charge is 0.384 e. The molecule has 112 valence electrons. The summed E-state index contributed by atoms with van der Waals surface area (Å²) in [5.41, 5.74) is 0. The highest BCUT2D eigenvalue weighted by Crippen LogP contribution is 2.22. The van der Waals surface area contributed by atoms with Crippen LogP contribution in [0.4, 0.5) is 5.82 Å². The molecule has 1 aliphatic rings. The Morgan fingerprint density at radius 2 is 2.30 bits per heavy atom. The normalized spacial score (nSPS) is 23.8. The quantitative estimate of drug-likeness (QED) is 0.856. The van der Waals surface area contributed by atoms with Crippen molar-refractivity contribution in [1.82, 2.24) is 9.71 Å². The lowest BCUT2D eigenvalue weighted by molar-refractivity contribution is 0.128. The second kappa shape index (κ2) is 6.51. The van der Waals surface area contributed by atoms with E-state index in [-0.39, 0.29) is 12.0 Å². The number of nitrogens with zero attached hydrogens (tertiary/aromatic N) is 2. The lowest BCUT2D eigenvalue weighted by Gasteiger charge is -2.38. The van der Waals surface area contributed by atoms with Gasteiger partial charge in [0, 0.05) is 38.4 Å². The van der Waals surface area contributed by atoms with Gasteiger partial charge in [-0.2, -0.15) is 0 Å². The van der Waals surface area contributed by atoms with Gasteiger partial charge in [-0.15, -0.1) is 0 Å². The Labute approximate surface area is 120 Å². The average molecular weight is 299 g/mol. The molecule has 1 aromatic rings. The van der Waals surface area contributed by atoms with Gasteiger partial charge in [-0.05, 0) is 18.6 Å². The van der Waals surface area contributed by atoms with Crippen LogP contribution < -0.4 is 9.62 Å². The number of methoxy groups -OCH3 is 1. The molecule has 2 atom stereocenters. The van der Waals surface area contributed by atoms with Gasteiger partial charge in [0.2, 0.25) is 10.0 Å². The Balaban J connectivity index is 2.07. The maximum absolute atomic E-state index is 11.4. The van der Waals surface area contributed by atoms with Crippen molar-refractivity contribution in [3.63, 3.8) is 0 Å². The first kappa shape index (κ1) is 15.2. The minimum absolute atomic E-state index is 0.0788. The van der Waals surface area contributed by atoms with Crippen molar-refractivity contribution < 1.29 is 13.2 Å². The third-order valence-electron chi connectivity index (χ3n) is 3.45. The van der Waals surface area contributed by atoms with Gasteiger partial charge in [0.15, 0.2) is 0 Å². The van der Waals surface area contributed by atoms with Crippen LogP contribution in [0.2, 0.25) is 0 Å².